The number of anilines is 1. The van der Waals surface area contributed by atoms with E-state index in [-0.39, 0.29) is 29.3 Å². The molecule has 1 heterocycles. The van der Waals surface area contributed by atoms with Crippen molar-refractivity contribution in [2.24, 2.45) is 0 Å². The Balaban J connectivity index is 2.28. The zero-order chi connectivity index (χ0) is 15.2. The van der Waals surface area contributed by atoms with Gasteiger partial charge in [-0.05, 0) is 19.1 Å². The van der Waals surface area contributed by atoms with Crippen LogP contribution >= 0.6 is 0 Å². The lowest BCUT2D eigenvalue weighted by atomic mass is 10.2. The van der Waals surface area contributed by atoms with Crippen LogP contribution in [0.15, 0.2) is 18.2 Å². The molecule has 2 aromatic rings. The molecule has 0 radical (unpaired) electrons. The van der Waals surface area contributed by atoms with E-state index in [1.54, 1.807) is 6.07 Å². The summed E-state index contributed by atoms with van der Waals surface area (Å²) < 4.78 is 23.8. The van der Waals surface area contributed by atoms with E-state index in [1.807, 2.05) is 6.92 Å². The van der Waals surface area contributed by atoms with Crippen molar-refractivity contribution in [1.82, 2.24) is 15.0 Å². The maximum absolute atomic E-state index is 13.5. The molecule has 0 fully saturated rings. The summed E-state index contributed by atoms with van der Waals surface area (Å²) in [6, 6.07) is 5.61. The molecule has 0 saturated heterocycles. The molecule has 1 aromatic heterocycles. The van der Waals surface area contributed by atoms with Crippen LogP contribution in [0.25, 0.3) is 0 Å². The van der Waals surface area contributed by atoms with Gasteiger partial charge in [-0.25, -0.2) is 4.39 Å². The van der Waals surface area contributed by atoms with Crippen LogP contribution in [0.3, 0.4) is 0 Å². The molecule has 21 heavy (non-hydrogen) atoms. The number of methoxy groups -OCH3 is 1. The minimum Gasteiger partial charge on any atom is -0.467 e. The second-order valence-corrected chi connectivity index (χ2v) is 3.81. The summed E-state index contributed by atoms with van der Waals surface area (Å²) in [6.07, 6.45) is 0. The maximum atomic E-state index is 13.5. The van der Waals surface area contributed by atoms with Gasteiger partial charge in [-0.2, -0.15) is 15.2 Å². The van der Waals surface area contributed by atoms with Crippen LogP contribution < -0.4 is 14.8 Å². The third kappa shape index (κ3) is 3.54. The Bertz CT molecular complexity index is 687. The van der Waals surface area contributed by atoms with Crippen LogP contribution in [-0.2, 0) is 0 Å². The van der Waals surface area contributed by atoms with Crippen molar-refractivity contribution in [3.63, 3.8) is 0 Å². The van der Waals surface area contributed by atoms with Crippen molar-refractivity contribution in [3.05, 3.63) is 29.6 Å². The molecule has 0 spiro atoms. The number of hydrogen-bond acceptors (Lipinski definition) is 7. The number of hydrogen-bond donors (Lipinski definition) is 1. The molecular formula is C13H12FN5O2. The van der Waals surface area contributed by atoms with Crippen molar-refractivity contribution in [2.75, 3.05) is 19.0 Å². The van der Waals surface area contributed by atoms with Gasteiger partial charge in [0.05, 0.1) is 12.7 Å². The molecule has 108 valence electrons. The van der Waals surface area contributed by atoms with Gasteiger partial charge in [0.25, 0.3) is 0 Å². The Labute approximate surface area is 120 Å². The Morgan fingerprint density at radius 1 is 1.29 bits per heavy atom. The van der Waals surface area contributed by atoms with E-state index < -0.39 is 5.82 Å². The molecule has 1 aromatic carbocycles. The van der Waals surface area contributed by atoms with Gasteiger partial charge >= 0.3 is 12.0 Å². The smallest absolute Gasteiger partial charge is 0.330 e. The molecule has 8 heteroatoms. The zero-order valence-corrected chi connectivity index (χ0v) is 11.4. The van der Waals surface area contributed by atoms with Gasteiger partial charge in [-0.3, -0.25) is 0 Å². The third-order valence-electron chi connectivity index (χ3n) is 2.38. The highest BCUT2D eigenvalue weighted by Crippen LogP contribution is 2.22. The van der Waals surface area contributed by atoms with Crippen molar-refractivity contribution >= 4 is 5.95 Å². The summed E-state index contributed by atoms with van der Waals surface area (Å²) in [5.41, 5.74) is -0.0658. The lowest BCUT2D eigenvalue weighted by Crippen LogP contribution is -2.06. The van der Waals surface area contributed by atoms with Gasteiger partial charge in [-0.15, -0.1) is 4.98 Å². The van der Waals surface area contributed by atoms with E-state index in [2.05, 4.69) is 20.3 Å². The first-order chi connectivity index (χ1) is 10.2. The van der Waals surface area contributed by atoms with Crippen molar-refractivity contribution in [3.8, 4) is 23.8 Å². The van der Waals surface area contributed by atoms with Gasteiger partial charge < -0.3 is 14.8 Å². The van der Waals surface area contributed by atoms with Crippen molar-refractivity contribution in [1.29, 1.82) is 5.26 Å². The van der Waals surface area contributed by atoms with Crippen LogP contribution in [0.5, 0.6) is 17.8 Å². The largest absolute Gasteiger partial charge is 0.467 e. The topological polar surface area (TPSA) is 93.0 Å². The molecule has 0 amide bonds. The highest BCUT2D eigenvalue weighted by molar-refractivity contribution is 5.37. The average Bonchev–Trinajstić information content (AvgIpc) is 2.47. The lowest BCUT2D eigenvalue weighted by Gasteiger charge is -2.08. The maximum Gasteiger partial charge on any atom is 0.330 e. The van der Waals surface area contributed by atoms with Crippen LogP contribution in [0.1, 0.15) is 12.5 Å². The van der Waals surface area contributed by atoms with Gasteiger partial charge in [0.1, 0.15) is 17.6 Å². The zero-order valence-electron chi connectivity index (χ0n) is 11.4. The highest BCUT2D eigenvalue weighted by Gasteiger charge is 2.10. The normalized spacial score (nSPS) is 9.81. The molecule has 0 aliphatic rings. The molecule has 0 bridgehead atoms. The second kappa shape index (κ2) is 6.47. The average molecular weight is 289 g/mol. The lowest BCUT2D eigenvalue weighted by molar-refractivity contribution is 0.359. The number of halogens is 1. The summed E-state index contributed by atoms with van der Waals surface area (Å²) in [6.45, 7) is 2.49. The number of nitrogens with zero attached hydrogens (tertiary/aromatic N) is 4. The first-order valence-electron chi connectivity index (χ1n) is 6.07. The predicted octanol–water partition coefficient (Wildman–Crippen LogP) is 2.12. The second-order valence-electron chi connectivity index (χ2n) is 3.81. The SMILES string of the molecule is CCNc1nc(OC)nc(Oc2ccc(C#N)c(F)c2)n1. The molecule has 2 rings (SSSR count). The van der Waals surface area contributed by atoms with Crippen molar-refractivity contribution < 1.29 is 13.9 Å². The van der Waals surface area contributed by atoms with Gasteiger partial charge in [-0.1, -0.05) is 0 Å². The van der Waals surface area contributed by atoms with Crippen LogP contribution in [0.2, 0.25) is 0 Å². The Kier molecular flexibility index (Phi) is 4.46. The monoisotopic (exact) mass is 289 g/mol. The Morgan fingerprint density at radius 2 is 2.05 bits per heavy atom. The number of benzene rings is 1. The van der Waals surface area contributed by atoms with Gasteiger partial charge in [0, 0.05) is 12.6 Å². The predicted molar refractivity (Wildman–Crippen MR) is 71.7 cm³/mol. The summed E-state index contributed by atoms with van der Waals surface area (Å²) in [4.78, 5) is 11.9. The summed E-state index contributed by atoms with van der Waals surface area (Å²) in [5, 5.41) is 11.6. The number of aromatic nitrogens is 3. The van der Waals surface area contributed by atoms with E-state index in [0.29, 0.717) is 6.54 Å². The minimum atomic E-state index is -0.678. The van der Waals surface area contributed by atoms with Crippen LogP contribution in [0.4, 0.5) is 10.3 Å². The van der Waals surface area contributed by atoms with E-state index >= 15 is 0 Å². The molecule has 7 nitrogen and oxygen atoms in total. The van der Waals surface area contributed by atoms with Crippen LogP contribution in [-0.4, -0.2) is 28.6 Å². The van der Waals surface area contributed by atoms with E-state index in [9.17, 15) is 4.39 Å². The van der Waals surface area contributed by atoms with Gasteiger partial charge in [0.15, 0.2) is 0 Å². The number of ether oxygens (including phenoxy) is 2. The molecule has 0 aliphatic carbocycles. The van der Waals surface area contributed by atoms with E-state index in [0.717, 1.165) is 6.07 Å². The number of rotatable bonds is 5. The van der Waals surface area contributed by atoms with E-state index in [4.69, 9.17) is 14.7 Å². The van der Waals surface area contributed by atoms with E-state index in [1.165, 1.54) is 19.2 Å². The highest BCUT2D eigenvalue weighted by atomic mass is 19.1. The number of nitrogens with one attached hydrogen (secondary N) is 1. The molecule has 0 saturated carbocycles. The molecule has 0 aliphatic heterocycles. The first-order valence-corrected chi connectivity index (χ1v) is 6.07. The first kappa shape index (κ1) is 14.5. The molecular weight excluding hydrogens is 277 g/mol. The standard InChI is InChI=1S/C13H12FN5O2/c1-3-16-11-17-12(20-2)19-13(18-11)21-9-5-4-8(7-15)10(14)6-9/h4-6H,3H2,1-2H3,(H,16,17,18,19). The molecule has 0 atom stereocenters. The van der Waals surface area contributed by atoms with Crippen LogP contribution in [0, 0.1) is 17.1 Å². The summed E-state index contributed by atoms with van der Waals surface area (Å²) in [7, 11) is 1.41. The third-order valence-corrected chi connectivity index (χ3v) is 2.38. The summed E-state index contributed by atoms with van der Waals surface area (Å²) >= 11 is 0. The fourth-order valence-electron chi connectivity index (χ4n) is 1.47. The fraction of sp³-hybridized carbons (Fsp3) is 0.231. The van der Waals surface area contributed by atoms with Gasteiger partial charge in [0.2, 0.25) is 5.95 Å². The summed E-state index contributed by atoms with van der Waals surface area (Å²) in [5.74, 6) is -0.224. The minimum absolute atomic E-state index is 0.0399. The quantitative estimate of drug-likeness (QED) is 0.901. The fourth-order valence-corrected chi connectivity index (χ4v) is 1.47. The number of nitriles is 1. The Hall–Kier alpha value is -2.95. The molecule has 0 unspecified atom stereocenters. The Morgan fingerprint density at radius 3 is 2.67 bits per heavy atom. The van der Waals surface area contributed by atoms with Crippen molar-refractivity contribution in [2.45, 2.75) is 6.92 Å². The molecule has 1 N–H and O–H groups in total.